The number of hydrogen-bond donors (Lipinski definition) is 1. The van der Waals surface area contributed by atoms with E-state index < -0.39 is 0 Å². The van der Waals surface area contributed by atoms with E-state index in [4.69, 9.17) is 0 Å². The first kappa shape index (κ1) is 18.0. The molecule has 5 nitrogen and oxygen atoms in total. The molecule has 0 atom stereocenters. The minimum atomic E-state index is -0.109. The van der Waals surface area contributed by atoms with Gasteiger partial charge in [-0.25, -0.2) is 0 Å². The Balaban J connectivity index is 1.73. The Kier molecular flexibility index (Phi) is 5.56. The molecule has 1 aliphatic rings. The summed E-state index contributed by atoms with van der Waals surface area (Å²) in [6.07, 6.45) is 0.955. The van der Waals surface area contributed by atoms with E-state index in [9.17, 15) is 9.59 Å². The predicted molar refractivity (Wildman–Crippen MR) is 105 cm³/mol. The van der Waals surface area contributed by atoms with Crippen LogP contribution in [0.3, 0.4) is 0 Å². The van der Waals surface area contributed by atoms with Gasteiger partial charge >= 0.3 is 0 Å². The molecule has 1 heterocycles. The van der Waals surface area contributed by atoms with Crippen molar-refractivity contribution in [1.82, 2.24) is 4.90 Å². The Morgan fingerprint density at radius 1 is 0.962 bits per heavy atom. The van der Waals surface area contributed by atoms with Gasteiger partial charge in [0.05, 0.1) is 11.4 Å². The van der Waals surface area contributed by atoms with Gasteiger partial charge in [-0.2, -0.15) is 0 Å². The molecule has 0 aromatic heterocycles. The van der Waals surface area contributed by atoms with Crippen molar-refractivity contribution in [3.05, 3.63) is 59.7 Å². The van der Waals surface area contributed by atoms with E-state index in [-0.39, 0.29) is 11.8 Å². The molecule has 26 heavy (non-hydrogen) atoms. The van der Waals surface area contributed by atoms with Crippen LogP contribution in [0.2, 0.25) is 0 Å². The van der Waals surface area contributed by atoms with Crippen LogP contribution in [0.5, 0.6) is 0 Å². The second-order valence-electron chi connectivity index (χ2n) is 6.51. The number of para-hydroxylation sites is 2. The lowest BCUT2D eigenvalue weighted by atomic mass is 10.1. The quantitative estimate of drug-likeness (QED) is 0.920. The molecule has 0 unspecified atom stereocenters. The molecule has 2 aromatic carbocycles. The molecule has 0 bridgehead atoms. The van der Waals surface area contributed by atoms with E-state index in [1.54, 1.807) is 6.92 Å². The number of nitrogens with zero attached hydrogens (tertiary/aromatic N) is 2. The molecule has 2 aromatic rings. The van der Waals surface area contributed by atoms with Crippen molar-refractivity contribution in [2.24, 2.45) is 0 Å². The Morgan fingerprint density at radius 3 is 2.23 bits per heavy atom. The Labute approximate surface area is 154 Å². The lowest BCUT2D eigenvalue weighted by molar-refractivity contribution is -0.129. The lowest BCUT2D eigenvalue weighted by Crippen LogP contribution is -2.48. The van der Waals surface area contributed by atoms with Gasteiger partial charge in [-0.05, 0) is 36.2 Å². The summed E-state index contributed by atoms with van der Waals surface area (Å²) < 4.78 is 0. The normalized spacial score (nSPS) is 14.2. The Bertz CT molecular complexity index is 778. The van der Waals surface area contributed by atoms with Crippen molar-refractivity contribution in [3.8, 4) is 0 Å². The number of nitrogens with one attached hydrogen (secondary N) is 1. The zero-order chi connectivity index (χ0) is 18.5. The molecule has 0 radical (unpaired) electrons. The van der Waals surface area contributed by atoms with Crippen LogP contribution in [-0.2, 0) is 11.2 Å². The van der Waals surface area contributed by atoms with Gasteiger partial charge in [0, 0.05) is 38.7 Å². The highest BCUT2D eigenvalue weighted by molar-refractivity contribution is 6.06. The van der Waals surface area contributed by atoms with Crippen LogP contribution in [0.15, 0.2) is 48.5 Å². The molecule has 1 aliphatic heterocycles. The minimum Gasteiger partial charge on any atom is -0.366 e. The Hall–Kier alpha value is -2.82. The third-order valence-electron chi connectivity index (χ3n) is 4.84. The van der Waals surface area contributed by atoms with Crippen molar-refractivity contribution >= 4 is 23.2 Å². The van der Waals surface area contributed by atoms with Gasteiger partial charge in [0.2, 0.25) is 5.91 Å². The smallest absolute Gasteiger partial charge is 0.255 e. The maximum atomic E-state index is 12.6. The number of carbonyl (C=O) groups is 2. The van der Waals surface area contributed by atoms with E-state index in [0.29, 0.717) is 18.7 Å². The maximum Gasteiger partial charge on any atom is 0.255 e. The molecular weight excluding hydrogens is 326 g/mol. The highest BCUT2D eigenvalue weighted by atomic mass is 16.2. The highest BCUT2D eigenvalue weighted by Crippen LogP contribution is 2.27. The van der Waals surface area contributed by atoms with Crippen LogP contribution >= 0.6 is 0 Å². The molecule has 0 aliphatic carbocycles. The van der Waals surface area contributed by atoms with Crippen molar-refractivity contribution in [2.45, 2.75) is 20.3 Å². The van der Waals surface area contributed by atoms with Crippen molar-refractivity contribution in [1.29, 1.82) is 0 Å². The van der Waals surface area contributed by atoms with E-state index in [1.165, 1.54) is 5.56 Å². The van der Waals surface area contributed by atoms with E-state index >= 15 is 0 Å². The predicted octanol–water partition coefficient (Wildman–Crippen LogP) is 3.17. The molecular formula is C21H25N3O2. The van der Waals surface area contributed by atoms with E-state index in [0.717, 1.165) is 30.9 Å². The van der Waals surface area contributed by atoms with Crippen LogP contribution in [0.25, 0.3) is 0 Å². The Morgan fingerprint density at radius 2 is 1.62 bits per heavy atom. The first-order valence-corrected chi connectivity index (χ1v) is 9.08. The first-order valence-electron chi connectivity index (χ1n) is 9.08. The molecule has 1 N–H and O–H groups in total. The van der Waals surface area contributed by atoms with Crippen LogP contribution in [-0.4, -0.2) is 42.9 Å². The highest BCUT2D eigenvalue weighted by Gasteiger charge is 2.21. The van der Waals surface area contributed by atoms with Crippen molar-refractivity contribution in [3.63, 3.8) is 0 Å². The second-order valence-corrected chi connectivity index (χ2v) is 6.51. The van der Waals surface area contributed by atoms with Crippen molar-refractivity contribution in [2.75, 3.05) is 36.4 Å². The largest absolute Gasteiger partial charge is 0.366 e. The van der Waals surface area contributed by atoms with Crippen LogP contribution < -0.4 is 10.2 Å². The summed E-state index contributed by atoms with van der Waals surface area (Å²) in [4.78, 5) is 28.2. The molecule has 0 saturated carbocycles. The summed E-state index contributed by atoms with van der Waals surface area (Å²) >= 11 is 0. The number of amides is 2. The van der Waals surface area contributed by atoms with Crippen LogP contribution in [0, 0.1) is 0 Å². The second kappa shape index (κ2) is 8.04. The molecule has 2 amide bonds. The minimum absolute atomic E-state index is 0.109. The van der Waals surface area contributed by atoms with E-state index in [2.05, 4.69) is 17.1 Å². The van der Waals surface area contributed by atoms with Gasteiger partial charge in [0.15, 0.2) is 0 Å². The number of hydrogen-bond acceptors (Lipinski definition) is 3. The molecule has 3 rings (SSSR count). The molecule has 1 saturated heterocycles. The molecule has 5 heteroatoms. The third kappa shape index (κ3) is 4.04. The van der Waals surface area contributed by atoms with Gasteiger partial charge in [-0.3, -0.25) is 9.59 Å². The monoisotopic (exact) mass is 351 g/mol. The third-order valence-corrected chi connectivity index (χ3v) is 4.84. The maximum absolute atomic E-state index is 12.6. The molecule has 1 fully saturated rings. The number of benzene rings is 2. The number of aryl methyl sites for hydroxylation is 1. The van der Waals surface area contributed by atoms with Gasteiger partial charge in [0.25, 0.3) is 5.91 Å². The summed E-state index contributed by atoms with van der Waals surface area (Å²) in [5.41, 5.74) is 3.66. The van der Waals surface area contributed by atoms with Crippen molar-refractivity contribution < 1.29 is 9.59 Å². The SMILES string of the molecule is CCc1ccc(C(=O)Nc2ccccc2N2CCN(C(C)=O)CC2)cc1. The summed E-state index contributed by atoms with van der Waals surface area (Å²) in [5, 5.41) is 3.03. The number of rotatable bonds is 4. The van der Waals surface area contributed by atoms with Crippen LogP contribution in [0.4, 0.5) is 11.4 Å². The summed E-state index contributed by atoms with van der Waals surface area (Å²) in [6.45, 7) is 6.63. The van der Waals surface area contributed by atoms with Gasteiger partial charge in [-0.15, -0.1) is 0 Å². The fraction of sp³-hybridized carbons (Fsp3) is 0.333. The topological polar surface area (TPSA) is 52.7 Å². The summed E-state index contributed by atoms with van der Waals surface area (Å²) in [6, 6.07) is 15.5. The zero-order valence-corrected chi connectivity index (χ0v) is 15.4. The average molecular weight is 351 g/mol. The summed E-state index contributed by atoms with van der Waals surface area (Å²) in [5.74, 6) is 0.00393. The van der Waals surface area contributed by atoms with Gasteiger partial charge < -0.3 is 15.1 Å². The standard InChI is InChI=1S/C21H25N3O2/c1-3-17-8-10-18(11-9-17)21(26)22-19-6-4-5-7-20(19)24-14-12-23(13-15-24)16(2)25/h4-11H,3,12-15H2,1-2H3,(H,22,26). The van der Waals surface area contributed by atoms with E-state index in [1.807, 2.05) is 53.4 Å². The number of anilines is 2. The van der Waals surface area contributed by atoms with Gasteiger partial charge in [-0.1, -0.05) is 31.2 Å². The van der Waals surface area contributed by atoms with Crippen LogP contribution in [0.1, 0.15) is 29.8 Å². The fourth-order valence-corrected chi connectivity index (χ4v) is 3.20. The molecule has 136 valence electrons. The number of piperazine rings is 1. The average Bonchev–Trinajstić information content (AvgIpc) is 2.68. The first-order chi connectivity index (χ1) is 12.6. The molecule has 0 spiro atoms. The zero-order valence-electron chi connectivity index (χ0n) is 15.4. The number of carbonyl (C=O) groups excluding carboxylic acids is 2. The lowest BCUT2D eigenvalue weighted by Gasteiger charge is -2.36. The van der Waals surface area contributed by atoms with Gasteiger partial charge in [0.1, 0.15) is 0 Å². The summed E-state index contributed by atoms with van der Waals surface area (Å²) in [7, 11) is 0. The fourth-order valence-electron chi connectivity index (χ4n) is 3.20.